The fraction of sp³-hybridized carbons (Fsp3) is 0.333. The SMILES string of the molecule is CCC(O)(CC)CNC(=O)c1cccc(NC(=O)c2cccs2)c1. The first kappa shape index (κ1) is 18.2. The fourth-order valence-corrected chi connectivity index (χ4v) is 2.80. The number of hydrogen-bond acceptors (Lipinski definition) is 4. The number of carbonyl (C=O) groups is 2. The maximum atomic E-state index is 12.3. The molecule has 0 aliphatic carbocycles. The molecule has 0 saturated heterocycles. The highest BCUT2D eigenvalue weighted by molar-refractivity contribution is 7.12. The molecule has 0 saturated carbocycles. The van der Waals surface area contributed by atoms with E-state index < -0.39 is 5.60 Å². The molecule has 2 aromatic rings. The zero-order valence-electron chi connectivity index (χ0n) is 13.8. The van der Waals surface area contributed by atoms with Crippen LogP contribution in [0.3, 0.4) is 0 Å². The van der Waals surface area contributed by atoms with Crippen LogP contribution >= 0.6 is 11.3 Å². The molecule has 6 heteroatoms. The summed E-state index contributed by atoms with van der Waals surface area (Å²) in [5.41, 5.74) is 0.108. The van der Waals surface area contributed by atoms with E-state index in [4.69, 9.17) is 0 Å². The molecule has 0 bridgehead atoms. The molecule has 3 N–H and O–H groups in total. The Bertz CT molecular complexity index is 694. The normalized spacial score (nSPS) is 11.1. The van der Waals surface area contributed by atoms with Crippen molar-refractivity contribution in [2.75, 3.05) is 11.9 Å². The van der Waals surface area contributed by atoms with Crippen LogP contribution in [-0.4, -0.2) is 29.1 Å². The average Bonchev–Trinajstić information content (AvgIpc) is 3.14. The molecular weight excluding hydrogens is 324 g/mol. The van der Waals surface area contributed by atoms with Crippen molar-refractivity contribution in [3.63, 3.8) is 0 Å². The molecule has 0 radical (unpaired) electrons. The molecule has 24 heavy (non-hydrogen) atoms. The second-order valence-electron chi connectivity index (χ2n) is 5.63. The second-order valence-corrected chi connectivity index (χ2v) is 6.57. The van der Waals surface area contributed by atoms with Crippen molar-refractivity contribution in [3.8, 4) is 0 Å². The number of amides is 2. The second kappa shape index (κ2) is 8.08. The number of aliphatic hydroxyl groups is 1. The van der Waals surface area contributed by atoms with Crippen LogP contribution < -0.4 is 10.6 Å². The first-order valence-corrected chi connectivity index (χ1v) is 8.81. The molecule has 0 aliphatic heterocycles. The van der Waals surface area contributed by atoms with E-state index in [2.05, 4.69) is 10.6 Å². The molecule has 2 rings (SSSR count). The number of carbonyl (C=O) groups excluding carboxylic acids is 2. The van der Waals surface area contributed by atoms with E-state index in [-0.39, 0.29) is 18.4 Å². The summed E-state index contributed by atoms with van der Waals surface area (Å²) in [5.74, 6) is -0.476. The van der Waals surface area contributed by atoms with Crippen molar-refractivity contribution in [3.05, 3.63) is 52.2 Å². The molecule has 0 spiro atoms. The van der Waals surface area contributed by atoms with Crippen LogP contribution in [0.15, 0.2) is 41.8 Å². The summed E-state index contributed by atoms with van der Waals surface area (Å²) >= 11 is 1.36. The van der Waals surface area contributed by atoms with Gasteiger partial charge >= 0.3 is 0 Å². The van der Waals surface area contributed by atoms with E-state index in [0.29, 0.717) is 29.0 Å². The first-order chi connectivity index (χ1) is 11.5. The molecule has 2 amide bonds. The predicted molar refractivity (Wildman–Crippen MR) is 96.6 cm³/mol. The molecule has 0 atom stereocenters. The lowest BCUT2D eigenvalue weighted by Crippen LogP contribution is -2.42. The third-order valence-corrected chi connectivity index (χ3v) is 4.89. The van der Waals surface area contributed by atoms with E-state index in [1.807, 2.05) is 25.3 Å². The molecule has 0 aliphatic rings. The Labute approximate surface area is 145 Å². The molecule has 1 heterocycles. The molecule has 0 fully saturated rings. The lowest BCUT2D eigenvalue weighted by Gasteiger charge is -2.25. The van der Waals surface area contributed by atoms with Crippen LogP contribution in [0.4, 0.5) is 5.69 Å². The van der Waals surface area contributed by atoms with Crippen LogP contribution in [0.1, 0.15) is 46.7 Å². The van der Waals surface area contributed by atoms with Crippen molar-refractivity contribution in [2.24, 2.45) is 0 Å². The van der Waals surface area contributed by atoms with Gasteiger partial charge in [0.15, 0.2) is 0 Å². The Kier molecular flexibility index (Phi) is 6.11. The number of hydrogen-bond donors (Lipinski definition) is 3. The van der Waals surface area contributed by atoms with Gasteiger partial charge in [0.2, 0.25) is 0 Å². The highest BCUT2D eigenvalue weighted by Gasteiger charge is 2.23. The summed E-state index contributed by atoms with van der Waals surface area (Å²) in [5, 5.41) is 17.6. The van der Waals surface area contributed by atoms with Crippen LogP contribution in [0.5, 0.6) is 0 Å². The number of benzene rings is 1. The van der Waals surface area contributed by atoms with E-state index in [1.54, 1.807) is 30.3 Å². The van der Waals surface area contributed by atoms with Gasteiger partial charge in [-0.1, -0.05) is 26.0 Å². The van der Waals surface area contributed by atoms with E-state index in [0.717, 1.165) is 0 Å². The standard InChI is InChI=1S/C18H22N2O3S/c1-3-18(23,4-2)12-19-16(21)13-7-5-8-14(11-13)20-17(22)15-9-6-10-24-15/h5-11,23H,3-4,12H2,1-2H3,(H,19,21)(H,20,22). The Hall–Kier alpha value is -2.18. The van der Waals surface area contributed by atoms with Gasteiger partial charge in [0.25, 0.3) is 11.8 Å². The number of thiophene rings is 1. The van der Waals surface area contributed by atoms with Gasteiger partial charge in [-0.15, -0.1) is 11.3 Å². The Morgan fingerprint density at radius 1 is 1.12 bits per heavy atom. The summed E-state index contributed by atoms with van der Waals surface area (Å²) in [6, 6.07) is 10.3. The summed E-state index contributed by atoms with van der Waals surface area (Å²) in [4.78, 5) is 24.9. The highest BCUT2D eigenvalue weighted by atomic mass is 32.1. The van der Waals surface area contributed by atoms with Crippen molar-refractivity contribution in [2.45, 2.75) is 32.3 Å². The van der Waals surface area contributed by atoms with E-state index >= 15 is 0 Å². The lowest BCUT2D eigenvalue weighted by molar-refractivity contribution is 0.0314. The summed E-state index contributed by atoms with van der Waals surface area (Å²) in [7, 11) is 0. The zero-order chi connectivity index (χ0) is 17.6. The number of nitrogens with one attached hydrogen (secondary N) is 2. The molecule has 1 aromatic heterocycles. The first-order valence-electron chi connectivity index (χ1n) is 7.93. The summed E-state index contributed by atoms with van der Waals surface area (Å²) in [6.07, 6.45) is 1.14. The minimum atomic E-state index is -0.888. The number of rotatable bonds is 7. The topological polar surface area (TPSA) is 78.4 Å². The van der Waals surface area contributed by atoms with Crippen molar-refractivity contribution in [1.29, 1.82) is 0 Å². The molecular formula is C18H22N2O3S. The molecule has 128 valence electrons. The molecule has 5 nitrogen and oxygen atoms in total. The van der Waals surface area contributed by atoms with Gasteiger partial charge in [-0.3, -0.25) is 9.59 Å². The van der Waals surface area contributed by atoms with Gasteiger partial charge in [-0.05, 0) is 42.5 Å². The largest absolute Gasteiger partial charge is 0.388 e. The van der Waals surface area contributed by atoms with Crippen molar-refractivity contribution >= 4 is 28.8 Å². The zero-order valence-corrected chi connectivity index (χ0v) is 14.7. The Morgan fingerprint density at radius 2 is 1.88 bits per heavy atom. The lowest BCUT2D eigenvalue weighted by atomic mass is 9.97. The molecule has 1 aromatic carbocycles. The van der Waals surface area contributed by atoms with Crippen LogP contribution in [0, 0.1) is 0 Å². The van der Waals surface area contributed by atoms with Gasteiger partial charge < -0.3 is 15.7 Å². The average molecular weight is 346 g/mol. The maximum Gasteiger partial charge on any atom is 0.265 e. The van der Waals surface area contributed by atoms with Crippen molar-refractivity contribution in [1.82, 2.24) is 5.32 Å². The van der Waals surface area contributed by atoms with Crippen LogP contribution in [0.25, 0.3) is 0 Å². The monoisotopic (exact) mass is 346 g/mol. The third-order valence-electron chi connectivity index (χ3n) is 4.02. The van der Waals surface area contributed by atoms with Crippen LogP contribution in [0.2, 0.25) is 0 Å². The fourth-order valence-electron chi connectivity index (χ4n) is 2.19. The van der Waals surface area contributed by atoms with Crippen LogP contribution in [-0.2, 0) is 0 Å². The minimum absolute atomic E-state index is 0.199. The van der Waals surface area contributed by atoms with E-state index in [9.17, 15) is 14.7 Å². The Balaban J connectivity index is 2.01. The maximum absolute atomic E-state index is 12.3. The highest BCUT2D eigenvalue weighted by Crippen LogP contribution is 2.16. The van der Waals surface area contributed by atoms with Gasteiger partial charge in [-0.2, -0.15) is 0 Å². The predicted octanol–water partition coefficient (Wildman–Crippen LogP) is 3.28. The summed E-state index contributed by atoms with van der Waals surface area (Å²) < 4.78 is 0. The van der Waals surface area contributed by atoms with Gasteiger partial charge in [0, 0.05) is 17.8 Å². The van der Waals surface area contributed by atoms with Gasteiger partial charge in [0.05, 0.1) is 10.5 Å². The summed E-state index contributed by atoms with van der Waals surface area (Å²) in [6.45, 7) is 3.97. The quantitative estimate of drug-likeness (QED) is 0.720. The van der Waals surface area contributed by atoms with Crippen molar-refractivity contribution < 1.29 is 14.7 Å². The van der Waals surface area contributed by atoms with Gasteiger partial charge in [-0.25, -0.2) is 0 Å². The Morgan fingerprint density at radius 3 is 2.50 bits per heavy atom. The smallest absolute Gasteiger partial charge is 0.265 e. The third kappa shape index (κ3) is 4.66. The molecule has 0 unspecified atom stereocenters. The van der Waals surface area contributed by atoms with Gasteiger partial charge in [0.1, 0.15) is 0 Å². The number of anilines is 1. The minimum Gasteiger partial charge on any atom is -0.388 e. The van der Waals surface area contributed by atoms with E-state index in [1.165, 1.54) is 11.3 Å².